The van der Waals surface area contributed by atoms with Gasteiger partial charge in [-0.05, 0) is 6.42 Å². The van der Waals surface area contributed by atoms with Crippen LogP contribution in [0.25, 0.3) is 0 Å². The Morgan fingerprint density at radius 3 is 2.15 bits per heavy atom. The summed E-state index contributed by atoms with van der Waals surface area (Å²) in [5, 5.41) is 3.33. The maximum absolute atomic E-state index is 3.33. The molecule has 1 aliphatic heterocycles. The van der Waals surface area contributed by atoms with Crippen LogP contribution < -0.4 is 5.20 Å². The molecule has 78 valence electrons. The lowest BCUT2D eigenvalue weighted by Gasteiger charge is -2.31. The molecule has 1 saturated heterocycles. The molecule has 1 rings (SSSR count). The molecule has 0 saturated carbocycles. The van der Waals surface area contributed by atoms with Crippen molar-refractivity contribution in [1.29, 1.82) is 0 Å². The molecule has 2 nitrogen and oxygen atoms in total. The zero-order valence-corrected chi connectivity index (χ0v) is 10.6. The first-order valence-electron chi connectivity index (χ1n) is 5.47. The predicted molar refractivity (Wildman–Crippen MR) is 64.5 cm³/mol. The van der Waals surface area contributed by atoms with Gasteiger partial charge in [-0.3, -0.25) is 0 Å². The Bertz CT molecular complexity index is 118. The van der Waals surface area contributed by atoms with Crippen molar-refractivity contribution >= 4 is 16.8 Å². The van der Waals surface area contributed by atoms with Crippen LogP contribution in [0, 0.1) is 0 Å². The van der Waals surface area contributed by atoms with Crippen LogP contribution in [0.3, 0.4) is 0 Å². The molecule has 1 heterocycles. The standard InChI is InChI=1S/C9H22N2P2/c1-2-3-4-5-6-7-8-9-11-10-12-13-11/h10,12-13H,2-9H2,1H3. The van der Waals surface area contributed by atoms with Gasteiger partial charge in [0.1, 0.15) is 0 Å². The molecule has 0 bridgehead atoms. The van der Waals surface area contributed by atoms with Crippen molar-refractivity contribution in [2.24, 2.45) is 0 Å². The molecule has 1 N–H and O–H groups in total. The first-order chi connectivity index (χ1) is 6.43. The average molecular weight is 220 g/mol. The van der Waals surface area contributed by atoms with E-state index in [9.17, 15) is 0 Å². The number of nitrogens with one attached hydrogen (secondary N) is 1. The summed E-state index contributed by atoms with van der Waals surface area (Å²) in [5.41, 5.74) is 0. The van der Waals surface area contributed by atoms with E-state index >= 15 is 0 Å². The normalized spacial score (nSPS) is 21.0. The minimum atomic E-state index is 1.02. The molecule has 0 spiro atoms. The van der Waals surface area contributed by atoms with Crippen LogP contribution in [-0.2, 0) is 0 Å². The third-order valence-corrected chi connectivity index (χ3v) is 5.17. The Kier molecular flexibility index (Phi) is 7.40. The fourth-order valence-corrected chi connectivity index (χ4v) is 3.27. The van der Waals surface area contributed by atoms with E-state index in [2.05, 4.69) is 16.9 Å². The van der Waals surface area contributed by atoms with Gasteiger partial charge in [-0.25, -0.2) is 9.98 Å². The van der Waals surface area contributed by atoms with Crippen molar-refractivity contribution in [2.75, 3.05) is 6.54 Å². The molecule has 13 heavy (non-hydrogen) atoms. The monoisotopic (exact) mass is 220 g/mol. The molecule has 0 aliphatic carbocycles. The van der Waals surface area contributed by atoms with Crippen molar-refractivity contribution in [2.45, 2.75) is 51.9 Å². The summed E-state index contributed by atoms with van der Waals surface area (Å²) in [6.45, 7) is 3.55. The molecule has 1 fully saturated rings. The van der Waals surface area contributed by atoms with Gasteiger partial charge in [-0.15, -0.1) is 0 Å². The van der Waals surface area contributed by atoms with E-state index < -0.39 is 0 Å². The van der Waals surface area contributed by atoms with Gasteiger partial charge in [0.15, 0.2) is 0 Å². The topological polar surface area (TPSA) is 15.3 Å². The molecule has 1 aliphatic rings. The highest BCUT2D eigenvalue weighted by Gasteiger charge is 2.10. The zero-order valence-electron chi connectivity index (χ0n) is 8.60. The highest BCUT2D eigenvalue weighted by atomic mass is 32.0. The SMILES string of the molecule is CCCCCCCCCN1NPP1. The molecule has 0 aromatic heterocycles. The van der Waals surface area contributed by atoms with Gasteiger partial charge < -0.3 is 0 Å². The molecular weight excluding hydrogens is 198 g/mol. The van der Waals surface area contributed by atoms with Gasteiger partial charge in [0.05, 0.1) is 0 Å². The Morgan fingerprint density at radius 2 is 1.62 bits per heavy atom. The second kappa shape index (κ2) is 8.12. The maximum atomic E-state index is 3.33. The van der Waals surface area contributed by atoms with Gasteiger partial charge in [-0.1, -0.05) is 45.4 Å². The van der Waals surface area contributed by atoms with Crippen LogP contribution in [0.2, 0.25) is 0 Å². The lowest BCUT2D eigenvalue weighted by molar-refractivity contribution is 0.409. The molecule has 2 unspecified atom stereocenters. The summed E-state index contributed by atoms with van der Waals surface area (Å²) < 4.78 is 2.37. The third kappa shape index (κ3) is 5.96. The van der Waals surface area contributed by atoms with E-state index in [-0.39, 0.29) is 0 Å². The Hall–Kier alpha value is 0.780. The van der Waals surface area contributed by atoms with Crippen LogP contribution >= 0.6 is 16.8 Å². The summed E-state index contributed by atoms with van der Waals surface area (Å²) in [6, 6.07) is 0. The van der Waals surface area contributed by atoms with Crippen LogP contribution in [0.5, 0.6) is 0 Å². The second-order valence-electron chi connectivity index (χ2n) is 3.62. The number of nitrogens with zero attached hydrogens (tertiary/aromatic N) is 1. The van der Waals surface area contributed by atoms with E-state index in [1.54, 1.807) is 0 Å². The Balaban J connectivity index is 1.68. The van der Waals surface area contributed by atoms with Gasteiger partial charge in [-0.2, -0.15) is 0 Å². The Morgan fingerprint density at radius 1 is 1.00 bits per heavy atom. The zero-order chi connectivity index (χ0) is 9.36. The molecular formula is C9H22N2P2. The van der Waals surface area contributed by atoms with Crippen LogP contribution in [0.4, 0.5) is 0 Å². The third-order valence-electron chi connectivity index (χ3n) is 2.37. The summed E-state index contributed by atoms with van der Waals surface area (Å²) in [5.74, 6) is 0. The predicted octanol–water partition coefficient (Wildman–Crippen LogP) is 3.66. The molecule has 2 atom stereocenters. The lowest BCUT2D eigenvalue weighted by Crippen LogP contribution is -2.30. The summed E-state index contributed by atoms with van der Waals surface area (Å²) in [4.78, 5) is 0. The lowest BCUT2D eigenvalue weighted by atomic mass is 10.1. The Labute approximate surface area is 85.8 Å². The smallest absolute Gasteiger partial charge is 0.0176 e. The van der Waals surface area contributed by atoms with E-state index in [1.165, 1.54) is 51.5 Å². The number of rotatable bonds is 8. The van der Waals surface area contributed by atoms with Crippen molar-refractivity contribution in [3.8, 4) is 0 Å². The highest BCUT2D eigenvalue weighted by molar-refractivity contribution is 8.12. The minimum Gasteiger partial charge on any atom is -0.227 e. The average Bonchev–Trinajstić information content (AvgIpc) is 2.07. The number of hydrogen-bond acceptors (Lipinski definition) is 2. The van der Waals surface area contributed by atoms with Gasteiger partial charge in [0, 0.05) is 23.4 Å². The number of unbranched alkanes of at least 4 members (excludes halogenated alkanes) is 6. The maximum Gasteiger partial charge on any atom is 0.0176 e. The van der Waals surface area contributed by atoms with Gasteiger partial charge >= 0.3 is 0 Å². The molecule has 0 radical (unpaired) electrons. The summed E-state index contributed by atoms with van der Waals surface area (Å²) >= 11 is 0. The largest absolute Gasteiger partial charge is 0.227 e. The summed E-state index contributed by atoms with van der Waals surface area (Å²) in [7, 11) is 2.09. The summed E-state index contributed by atoms with van der Waals surface area (Å²) in [6.07, 6.45) is 9.94. The number of hydrazine groups is 1. The van der Waals surface area contributed by atoms with Crippen molar-refractivity contribution in [1.82, 2.24) is 9.98 Å². The highest BCUT2D eigenvalue weighted by Crippen LogP contribution is 2.46. The van der Waals surface area contributed by atoms with Crippen molar-refractivity contribution < 1.29 is 0 Å². The van der Waals surface area contributed by atoms with Gasteiger partial charge in [0.25, 0.3) is 0 Å². The van der Waals surface area contributed by atoms with Crippen LogP contribution in [-0.4, -0.2) is 11.3 Å². The first kappa shape index (κ1) is 11.9. The fourth-order valence-electron chi connectivity index (χ4n) is 1.47. The first-order valence-corrected chi connectivity index (χ1v) is 8.42. The van der Waals surface area contributed by atoms with E-state index in [4.69, 9.17) is 0 Å². The van der Waals surface area contributed by atoms with E-state index in [0.717, 1.165) is 16.8 Å². The van der Waals surface area contributed by atoms with Gasteiger partial charge in [0.2, 0.25) is 0 Å². The van der Waals surface area contributed by atoms with Crippen molar-refractivity contribution in [3.05, 3.63) is 0 Å². The number of hydrogen-bond donors (Lipinski definition) is 1. The molecule has 4 heteroatoms. The van der Waals surface area contributed by atoms with E-state index in [1.807, 2.05) is 0 Å². The molecule has 0 amide bonds. The molecule has 0 aromatic rings. The van der Waals surface area contributed by atoms with Crippen molar-refractivity contribution in [3.63, 3.8) is 0 Å². The molecule has 0 aromatic carbocycles. The van der Waals surface area contributed by atoms with Crippen LogP contribution in [0.1, 0.15) is 51.9 Å². The quantitative estimate of drug-likeness (QED) is 0.496. The fraction of sp³-hybridized carbons (Fsp3) is 1.00. The van der Waals surface area contributed by atoms with E-state index in [0.29, 0.717) is 0 Å². The second-order valence-corrected chi connectivity index (χ2v) is 6.28. The van der Waals surface area contributed by atoms with Crippen LogP contribution in [0.15, 0.2) is 0 Å². The minimum absolute atomic E-state index is 1.02.